The van der Waals surface area contributed by atoms with Gasteiger partial charge in [0.25, 0.3) is 0 Å². The molecule has 0 nitrogen and oxygen atoms in total. The second-order valence-corrected chi connectivity index (χ2v) is 0. The van der Waals surface area contributed by atoms with Crippen LogP contribution in [0.1, 0.15) is 0 Å². The van der Waals surface area contributed by atoms with Gasteiger partial charge in [-0.1, -0.05) is 0 Å². The van der Waals surface area contributed by atoms with E-state index in [1.54, 1.807) is 0 Å². The van der Waals surface area contributed by atoms with Crippen molar-refractivity contribution in [3.63, 3.8) is 0 Å². The van der Waals surface area contributed by atoms with Gasteiger partial charge in [-0.05, 0) is 0 Å². The van der Waals surface area contributed by atoms with Crippen LogP contribution in [0.25, 0.3) is 0 Å². The zero-order chi connectivity index (χ0) is 0. The van der Waals surface area contributed by atoms with E-state index in [0.717, 1.165) is 0 Å². The minimum Gasteiger partial charge on any atom is 0 e. The number of hydrogen-bond donors (Lipinski definition) is 0. The molecule has 0 heterocycles. The Hall–Kier alpha value is 2.38. The van der Waals surface area contributed by atoms with Crippen molar-refractivity contribution in [2.24, 2.45) is 0 Å². The maximum Gasteiger partial charge on any atom is 0 e. The maximum atomic E-state index is 0. The van der Waals surface area contributed by atoms with Gasteiger partial charge >= 0.3 is 0 Å². The van der Waals surface area contributed by atoms with E-state index in [4.69, 9.17) is 0 Å². The average Bonchev–Trinajstić information content (AvgIpc) is 0. The molecule has 0 aliphatic carbocycles. The average molecular weight is 395 g/mol. The van der Waals surface area contributed by atoms with E-state index in [9.17, 15) is 0 Å². The topological polar surface area (TPSA) is 0 Å². The molecule has 0 aliphatic heterocycles. The standard InChI is InChI=1S/Ni.P.Re.Sn. The van der Waals surface area contributed by atoms with Crippen molar-refractivity contribution >= 4 is 33.8 Å². The molecule has 0 fully saturated rings. The summed E-state index contributed by atoms with van der Waals surface area (Å²) in [6, 6.07) is 0. The molecule has 0 bridgehead atoms. The smallest absolute Gasteiger partial charge is 0 e. The van der Waals surface area contributed by atoms with Gasteiger partial charge in [0, 0.05) is 70.7 Å². The van der Waals surface area contributed by atoms with Crippen molar-refractivity contribution in [3.8, 4) is 0 Å². The van der Waals surface area contributed by atoms with Gasteiger partial charge in [-0.3, -0.25) is 0 Å². The summed E-state index contributed by atoms with van der Waals surface area (Å²) < 4.78 is 0. The maximum absolute atomic E-state index is 0. The Morgan fingerprint density at radius 2 is 1.00 bits per heavy atom. The molecule has 0 saturated heterocycles. The van der Waals surface area contributed by atoms with Gasteiger partial charge in [-0.25, -0.2) is 0 Å². The SMILES string of the molecule is [Ni].[P].[Re].[Sn]. The van der Waals surface area contributed by atoms with Crippen LogP contribution >= 0.6 is 9.90 Å². The van der Waals surface area contributed by atoms with Crippen molar-refractivity contribution in [2.75, 3.05) is 0 Å². The Bertz CT molecular complexity index is 8.00. The molecule has 0 aromatic heterocycles. The molecular formula is NiPReSn. The zero-order valence-corrected chi connectivity index (χ0v) is 9.09. The Morgan fingerprint density at radius 1 is 1.00 bits per heavy atom. The van der Waals surface area contributed by atoms with Gasteiger partial charge in [-0.15, -0.1) is 0 Å². The summed E-state index contributed by atoms with van der Waals surface area (Å²) in [6.07, 6.45) is 0. The molecule has 8 radical (unpaired) electrons. The molecule has 4 heteroatoms. The van der Waals surface area contributed by atoms with Crippen LogP contribution in [0.15, 0.2) is 0 Å². The van der Waals surface area contributed by atoms with E-state index >= 15 is 0 Å². The molecule has 0 atom stereocenters. The largest absolute Gasteiger partial charge is 0 e. The Balaban J connectivity index is 0. The van der Waals surface area contributed by atoms with Crippen LogP contribution < -0.4 is 0 Å². The number of hydrogen-bond acceptors (Lipinski definition) is 0. The van der Waals surface area contributed by atoms with Gasteiger partial charge in [0.05, 0.1) is 0 Å². The summed E-state index contributed by atoms with van der Waals surface area (Å²) in [5, 5.41) is 0. The molecule has 0 unspecified atom stereocenters. The predicted octanol–water partition coefficient (Wildman–Crippen LogP) is 0.475. The molecule has 0 spiro atoms. The molecule has 0 saturated carbocycles. The van der Waals surface area contributed by atoms with E-state index in [0.29, 0.717) is 0 Å². The Morgan fingerprint density at radius 3 is 1.00 bits per heavy atom. The van der Waals surface area contributed by atoms with E-state index in [-0.39, 0.29) is 70.7 Å². The molecule has 26 valence electrons. The molecule has 0 aliphatic rings. The summed E-state index contributed by atoms with van der Waals surface area (Å²) in [5.41, 5.74) is 0. The van der Waals surface area contributed by atoms with Crippen molar-refractivity contribution in [1.82, 2.24) is 0 Å². The van der Waals surface area contributed by atoms with Gasteiger partial charge in [0.2, 0.25) is 0 Å². The summed E-state index contributed by atoms with van der Waals surface area (Å²) in [5.74, 6) is 0. The normalized spacial score (nSPS) is 0. The molecule has 4 heavy (non-hydrogen) atoms. The predicted molar refractivity (Wildman–Crippen MR) is 12.7 cm³/mol. The van der Waals surface area contributed by atoms with Crippen molar-refractivity contribution in [1.29, 1.82) is 0 Å². The third-order valence-electron chi connectivity index (χ3n) is 0. The molecule has 0 amide bonds. The monoisotopic (exact) mass is 396 g/mol. The second-order valence-electron chi connectivity index (χ2n) is 0. The van der Waals surface area contributed by atoms with Gasteiger partial charge in [-0.2, -0.15) is 0 Å². The van der Waals surface area contributed by atoms with E-state index in [2.05, 4.69) is 0 Å². The summed E-state index contributed by atoms with van der Waals surface area (Å²) >= 11 is 0. The van der Waals surface area contributed by atoms with Crippen molar-refractivity contribution in [2.45, 2.75) is 0 Å². The molecule has 0 aromatic rings. The first-order chi connectivity index (χ1) is 0. The van der Waals surface area contributed by atoms with Crippen LogP contribution in [-0.4, -0.2) is 23.9 Å². The first-order valence-electron chi connectivity index (χ1n) is 0. The van der Waals surface area contributed by atoms with Crippen LogP contribution in [-0.2, 0) is 36.9 Å². The minimum atomic E-state index is 0. The first kappa shape index (κ1) is 32.6. The Kier molecular flexibility index (Phi) is 148. The summed E-state index contributed by atoms with van der Waals surface area (Å²) in [7, 11) is 0. The zero-order valence-electron chi connectivity index (χ0n) is 1.64. The minimum absolute atomic E-state index is 0. The van der Waals surface area contributed by atoms with E-state index in [1.165, 1.54) is 0 Å². The van der Waals surface area contributed by atoms with Crippen LogP contribution in [0.5, 0.6) is 0 Å². The van der Waals surface area contributed by atoms with Crippen molar-refractivity contribution < 1.29 is 36.9 Å². The molecule has 0 rings (SSSR count). The Labute approximate surface area is 70.0 Å². The third-order valence-corrected chi connectivity index (χ3v) is 0. The van der Waals surface area contributed by atoms with Crippen molar-refractivity contribution in [3.05, 3.63) is 0 Å². The fourth-order valence-corrected chi connectivity index (χ4v) is 0. The van der Waals surface area contributed by atoms with E-state index < -0.39 is 0 Å². The van der Waals surface area contributed by atoms with E-state index in [1.807, 2.05) is 0 Å². The molecule has 0 N–H and O–H groups in total. The summed E-state index contributed by atoms with van der Waals surface area (Å²) in [4.78, 5) is 0. The quantitative estimate of drug-likeness (QED) is 0.414. The third kappa shape index (κ3) is 8.83. The summed E-state index contributed by atoms with van der Waals surface area (Å²) in [6.45, 7) is 0. The first-order valence-corrected chi connectivity index (χ1v) is 0. The van der Waals surface area contributed by atoms with Crippen LogP contribution in [0.3, 0.4) is 0 Å². The van der Waals surface area contributed by atoms with Gasteiger partial charge < -0.3 is 0 Å². The van der Waals surface area contributed by atoms with Crippen LogP contribution in [0, 0.1) is 0 Å². The fourth-order valence-electron chi connectivity index (χ4n) is 0. The fraction of sp³-hybridized carbons (Fsp3) is 0. The van der Waals surface area contributed by atoms with Gasteiger partial charge in [0.15, 0.2) is 0 Å². The molecule has 0 aromatic carbocycles. The van der Waals surface area contributed by atoms with Crippen LogP contribution in [0.4, 0.5) is 0 Å². The van der Waals surface area contributed by atoms with Crippen LogP contribution in [0.2, 0.25) is 0 Å². The number of rotatable bonds is 0. The second kappa shape index (κ2) is 18.2. The van der Waals surface area contributed by atoms with Gasteiger partial charge in [0.1, 0.15) is 0 Å². The molecular weight excluding hydrogens is 395 g/mol.